The van der Waals surface area contributed by atoms with Crippen LogP contribution in [0, 0.1) is 23.2 Å². The Bertz CT molecular complexity index is 650. The lowest BCUT2D eigenvalue weighted by Gasteiger charge is -2.44. The smallest absolute Gasteiger partial charge is 0.122 e. The first-order valence-electron chi connectivity index (χ1n) is 12.2. The van der Waals surface area contributed by atoms with Crippen molar-refractivity contribution in [3.8, 4) is 0 Å². The van der Waals surface area contributed by atoms with Crippen LogP contribution in [0.2, 0.25) is 0 Å². The Labute approximate surface area is 182 Å². The summed E-state index contributed by atoms with van der Waals surface area (Å²) < 4.78 is 15.4. The lowest BCUT2D eigenvalue weighted by molar-refractivity contribution is 0.0587. The molecule has 0 radical (unpaired) electrons. The van der Waals surface area contributed by atoms with Gasteiger partial charge in [-0.3, -0.25) is 0 Å². The first kappa shape index (κ1) is 23.9. The third kappa shape index (κ3) is 5.55. The zero-order chi connectivity index (χ0) is 22.1. The van der Waals surface area contributed by atoms with Crippen molar-refractivity contribution in [2.24, 2.45) is 23.2 Å². The summed E-state index contributed by atoms with van der Waals surface area (Å²) in [6, 6.07) is 0. The highest BCUT2D eigenvalue weighted by Crippen LogP contribution is 2.60. The van der Waals surface area contributed by atoms with E-state index in [9.17, 15) is 15.3 Å². The zero-order valence-electron chi connectivity index (χ0n) is 19.5. The first-order chi connectivity index (χ1) is 14.0. The molecule has 3 aliphatic rings. The van der Waals surface area contributed by atoms with Crippen LogP contribution in [0.5, 0.6) is 0 Å². The summed E-state index contributed by atoms with van der Waals surface area (Å²) in [5.74, 6) is 1.41. The lowest BCUT2D eigenvalue weighted by atomic mass is 9.60. The summed E-state index contributed by atoms with van der Waals surface area (Å²) in [5, 5.41) is 29.9. The van der Waals surface area contributed by atoms with Crippen molar-refractivity contribution in [3.05, 3.63) is 23.0 Å². The van der Waals surface area contributed by atoms with Crippen LogP contribution < -0.4 is 0 Å². The number of aliphatic hydroxyl groups excluding tert-OH is 2. The van der Waals surface area contributed by atoms with Crippen LogP contribution in [-0.2, 0) is 0 Å². The molecule has 3 rings (SSSR count). The van der Waals surface area contributed by atoms with Crippen LogP contribution in [0.15, 0.2) is 23.0 Å². The summed E-state index contributed by atoms with van der Waals surface area (Å²) in [6.45, 7) is 8.49. The Morgan fingerprint density at radius 1 is 1.23 bits per heavy atom. The normalized spacial score (nSPS) is 37.7. The van der Waals surface area contributed by atoms with E-state index in [4.69, 9.17) is 0 Å². The van der Waals surface area contributed by atoms with Crippen molar-refractivity contribution in [1.29, 1.82) is 0 Å². The number of hydrogen-bond donors (Lipinski definition) is 3. The molecule has 3 nitrogen and oxygen atoms in total. The molecule has 3 saturated carbocycles. The molecular weight excluding hydrogens is 379 g/mol. The van der Waals surface area contributed by atoms with E-state index in [2.05, 4.69) is 13.8 Å². The van der Waals surface area contributed by atoms with Gasteiger partial charge < -0.3 is 15.3 Å². The van der Waals surface area contributed by atoms with Crippen molar-refractivity contribution in [2.75, 3.05) is 0 Å². The minimum atomic E-state index is -0.598. The van der Waals surface area contributed by atoms with Crippen LogP contribution in [0.3, 0.4) is 0 Å². The molecule has 0 saturated heterocycles. The van der Waals surface area contributed by atoms with Gasteiger partial charge in [0.1, 0.15) is 5.83 Å². The monoisotopic (exact) mass is 422 g/mol. The molecule has 0 unspecified atom stereocenters. The minimum Gasteiger partial charge on any atom is -0.393 e. The Balaban J connectivity index is 1.73. The maximum Gasteiger partial charge on any atom is 0.122 e. The van der Waals surface area contributed by atoms with Crippen molar-refractivity contribution < 1.29 is 19.7 Å². The van der Waals surface area contributed by atoms with Crippen LogP contribution in [-0.4, -0.2) is 33.1 Å². The van der Waals surface area contributed by atoms with Gasteiger partial charge in [-0.2, -0.15) is 0 Å². The summed E-state index contributed by atoms with van der Waals surface area (Å²) >= 11 is 0. The Morgan fingerprint density at radius 2 is 1.90 bits per heavy atom. The highest BCUT2D eigenvalue weighted by atomic mass is 19.1. The average molecular weight is 423 g/mol. The minimum absolute atomic E-state index is 0.0995. The van der Waals surface area contributed by atoms with E-state index in [1.165, 1.54) is 6.42 Å². The van der Waals surface area contributed by atoms with Crippen molar-refractivity contribution in [3.63, 3.8) is 0 Å². The number of rotatable bonds is 6. The van der Waals surface area contributed by atoms with Crippen LogP contribution >= 0.6 is 0 Å². The molecule has 0 heterocycles. The number of aliphatic hydroxyl groups is 3. The van der Waals surface area contributed by atoms with Gasteiger partial charge in [-0.1, -0.05) is 32.3 Å². The number of allylic oxidation sites excluding steroid dienone is 3. The van der Waals surface area contributed by atoms with Gasteiger partial charge in [0.05, 0.1) is 17.8 Å². The SMILES string of the molecule is C[C@H](CCCC(C)(C)O)[C@H]1CC[C@H]2/C(=C(\F)C=C3C[C@@H](O)C[C@H](O)C3)CCC[C@]12C. The third-order valence-corrected chi connectivity index (χ3v) is 8.30. The van der Waals surface area contributed by atoms with E-state index in [0.29, 0.717) is 37.0 Å². The zero-order valence-corrected chi connectivity index (χ0v) is 19.5. The third-order valence-electron chi connectivity index (χ3n) is 8.30. The van der Waals surface area contributed by atoms with Crippen LogP contribution in [0.25, 0.3) is 0 Å². The second kappa shape index (κ2) is 9.42. The van der Waals surface area contributed by atoms with E-state index in [1.54, 1.807) is 6.08 Å². The molecule has 0 aromatic carbocycles. The molecule has 3 aliphatic carbocycles. The number of hydrogen-bond acceptors (Lipinski definition) is 3. The molecule has 30 heavy (non-hydrogen) atoms. The Morgan fingerprint density at radius 3 is 2.53 bits per heavy atom. The van der Waals surface area contributed by atoms with E-state index in [0.717, 1.165) is 56.1 Å². The molecule has 3 N–H and O–H groups in total. The fourth-order valence-electron chi connectivity index (χ4n) is 6.87. The molecule has 0 aliphatic heterocycles. The highest BCUT2D eigenvalue weighted by molar-refractivity contribution is 5.30. The number of halogens is 1. The maximum atomic E-state index is 15.4. The Hall–Kier alpha value is -0.710. The largest absolute Gasteiger partial charge is 0.393 e. The van der Waals surface area contributed by atoms with E-state index < -0.39 is 17.8 Å². The molecule has 0 spiro atoms. The second-order valence-electron chi connectivity index (χ2n) is 11.4. The van der Waals surface area contributed by atoms with Gasteiger partial charge in [0.15, 0.2) is 0 Å². The summed E-state index contributed by atoms with van der Waals surface area (Å²) in [5.41, 5.74) is 1.38. The van der Waals surface area contributed by atoms with Gasteiger partial charge in [0, 0.05) is 0 Å². The van der Waals surface area contributed by atoms with Gasteiger partial charge in [0.25, 0.3) is 0 Å². The molecule has 0 aromatic rings. The predicted molar refractivity (Wildman–Crippen MR) is 120 cm³/mol. The van der Waals surface area contributed by atoms with E-state index in [1.807, 2.05) is 13.8 Å². The van der Waals surface area contributed by atoms with Crippen molar-refractivity contribution >= 4 is 0 Å². The van der Waals surface area contributed by atoms with Gasteiger partial charge in [-0.25, -0.2) is 4.39 Å². The van der Waals surface area contributed by atoms with Crippen molar-refractivity contribution in [1.82, 2.24) is 0 Å². The van der Waals surface area contributed by atoms with Gasteiger partial charge in [-0.15, -0.1) is 0 Å². The Kier molecular flexibility index (Phi) is 7.52. The first-order valence-corrected chi connectivity index (χ1v) is 12.2. The van der Waals surface area contributed by atoms with Crippen molar-refractivity contribution in [2.45, 2.75) is 116 Å². The standard InChI is InChI=1S/C26H43FO3/c1-17(7-5-11-25(2,3)30)22-9-10-23-21(8-6-12-26(22,23)4)24(27)15-18-13-19(28)16-20(29)14-18/h15,17,19-20,22-23,28-30H,5-14,16H2,1-4H3/b24-21-/t17-,19-,20-,22-,23+,26-/m1/s1. The molecule has 3 fully saturated rings. The molecule has 0 aromatic heterocycles. The predicted octanol–water partition coefficient (Wildman–Crippen LogP) is 5.84. The molecule has 4 heteroatoms. The van der Waals surface area contributed by atoms with Crippen LogP contribution in [0.4, 0.5) is 4.39 Å². The van der Waals surface area contributed by atoms with Gasteiger partial charge in [0.2, 0.25) is 0 Å². The fraction of sp³-hybridized carbons (Fsp3) is 0.846. The molecule has 6 atom stereocenters. The molecule has 172 valence electrons. The quantitative estimate of drug-likeness (QED) is 0.504. The van der Waals surface area contributed by atoms with Crippen LogP contribution in [0.1, 0.15) is 98.3 Å². The average Bonchev–Trinajstić information content (AvgIpc) is 2.96. The fourth-order valence-corrected chi connectivity index (χ4v) is 6.87. The van der Waals surface area contributed by atoms with E-state index >= 15 is 4.39 Å². The van der Waals surface area contributed by atoms with Gasteiger partial charge in [-0.05, 0) is 106 Å². The number of fused-ring (bicyclic) bond motifs is 1. The summed E-state index contributed by atoms with van der Waals surface area (Å²) in [4.78, 5) is 0. The topological polar surface area (TPSA) is 60.7 Å². The molecular formula is C26H43FO3. The van der Waals surface area contributed by atoms with Gasteiger partial charge >= 0.3 is 0 Å². The lowest BCUT2D eigenvalue weighted by Crippen LogP contribution is -2.36. The van der Waals surface area contributed by atoms with E-state index in [-0.39, 0.29) is 11.2 Å². The molecule has 0 bridgehead atoms. The summed E-state index contributed by atoms with van der Waals surface area (Å²) in [7, 11) is 0. The maximum absolute atomic E-state index is 15.4. The second-order valence-corrected chi connectivity index (χ2v) is 11.4. The summed E-state index contributed by atoms with van der Waals surface area (Å²) in [6.07, 6.45) is 10.1. The highest BCUT2D eigenvalue weighted by Gasteiger charge is 2.51. The molecule has 0 amide bonds.